The third kappa shape index (κ3) is 3.42. The number of hydrogen-bond donors (Lipinski definition) is 2. The molecule has 3 N–H and O–H groups in total. The van der Waals surface area contributed by atoms with E-state index in [2.05, 4.69) is 21.4 Å². The first-order valence-corrected chi connectivity index (χ1v) is 6.43. The number of rotatable bonds is 4. The molecule has 100 valence electrons. The molecule has 1 aromatic heterocycles. The van der Waals surface area contributed by atoms with E-state index in [0.717, 1.165) is 5.56 Å². The summed E-state index contributed by atoms with van der Waals surface area (Å²) in [4.78, 5) is 11.0. The van der Waals surface area contributed by atoms with Crippen molar-refractivity contribution >= 4 is 21.8 Å². The van der Waals surface area contributed by atoms with Gasteiger partial charge in [-0.15, -0.1) is 0 Å². The number of nitrogens with two attached hydrogens (primary N) is 1. The van der Waals surface area contributed by atoms with E-state index in [1.807, 2.05) is 0 Å². The Morgan fingerprint density at radius 1 is 1.37 bits per heavy atom. The molecule has 6 heteroatoms. The maximum Gasteiger partial charge on any atom is 0.234 e. The van der Waals surface area contributed by atoms with Crippen molar-refractivity contribution in [1.82, 2.24) is 5.43 Å². The predicted molar refractivity (Wildman–Crippen MR) is 72.5 cm³/mol. The van der Waals surface area contributed by atoms with Gasteiger partial charge in [0.05, 0.1) is 0 Å². The Morgan fingerprint density at radius 2 is 2.16 bits per heavy atom. The summed E-state index contributed by atoms with van der Waals surface area (Å²) in [5.74, 6) is 5.72. The lowest BCUT2D eigenvalue weighted by Crippen LogP contribution is -2.30. The van der Waals surface area contributed by atoms with Crippen LogP contribution in [0.15, 0.2) is 39.2 Å². The molecule has 0 saturated carbocycles. The Kier molecular flexibility index (Phi) is 4.34. The molecule has 4 nitrogen and oxygen atoms in total. The number of benzene rings is 1. The van der Waals surface area contributed by atoms with Crippen molar-refractivity contribution in [3.05, 3.63) is 46.4 Å². The zero-order chi connectivity index (χ0) is 13.8. The van der Waals surface area contributed by atoms with Gasteiger partial charge in [-0.1, -0.05) is 0 Å². The molecule has 1 amide bonds. The number of aryl methyl sites for hydroxylation is 1. The van der Waals surface area contributed by atoms with E-state index in [0.29, 0.717) is 22.4 Å². The summed E-state index contributed by atoms with van der Waals surface area (Å²) < 4.78 is 19.2. The molecule has 0 unspecified atom stereocenters. The van der Waals surface area contributed by atoms with Crippen LogP contribution in [-0.2, 0) is 11.2 Å². The monoisotopic (exact) mass is 326 g/mol. The average molecular weight is 327 g/mol. The van der Waals surface area contributed by atoms with Gasteiger partial charge in [0.25, 0.3) is 0 Å². The van der Waals surface area contributed by atoms with Crippen molar-refractivity contribution in [1.29, 1.82) is 0 Å². The first kappa shape index (κ1) is 13.8. The highest BCUT2D eigenvalue weighted by atomic mass is 79.9. The highest BCUT2D eigenvalue weighted by Crippen LogP contribution is 2.30. The second kappa shape index (κ2) is 5.99. The van der Waals surface area contributed by atoms with Gasteiger partial charge >= 0.3 is 0 Å². The maximum atomic E-state index is 13.0. The zero-order valence-electron chi connectivity index (χ0n) is 9.95. The quantitative estimate of drug-likeness (QED) is 0.515. The van der Waals surface area contributed by atoms with Crippen LogP contribution in [-0.4, -0.2) is 5.91 Å². The normalized spacial score (nSPS) is 10.5. The minimum absolute atomic E-state index is 0.249. The van der Waals surface area contributed by atoms with Gasteiger partial charge in [0.15, 0.2) is 0 Å². The molecule has 2 aromatic rings. The Morgan fingerprint density at radius 3 is 2.84 bits per heavy atom. The van der Waals surface area contributed by atoms with Gasteiger partial charge in [-0.2, -0.15) is 0 Å². The van der Waals surface area contributed by atoms with Crippen molar-refractivity contribution in [3.8, 4) is 11.3 Å². The first-order valence-electron chi connectivity index (χ1n) is 5.63. The lowest BCUT2D eigenvalue weighted by atomic mass is 10.2. The maximum absolute atomic E-state index is 13.0. The minimum Gasteiger partial charge on any atom is -0.461 e. The summed E-state index contributed by atoms with van der Waals surface area (Å²) in [5, 5.41) is 0. The van der Waals surface area contributed by atoms with Crippen LogP contribution in [0.4, 0.5) is 4.39 Å². The Labute approximate surface area is 117 Å². The molecule has 0 fully saturated rings. The fourth-order valence-corrected chi connectivity index (χ4v) is 2.20. The number of amides is 1. The topological polar surface area (TPSA) is 68.3 Å². The van der Waals surface area contributed by atoms with Crippen LogP contribution >= 0.6 is 15.9 Å². The van der Waals surface area contributed by atoms with E-state index >= 15 is 0 Å². The van der Waals surface area contributed by atoms with Crippen LogP contribution < -0.4 is 11.3 Å². The van der Waals surface area contributed by atoms with Crippen LogP contribution in [0.3, 0.4) is 0 Å². The molecule has 0 spiro atoms. The highest BCUT2D eigenvalue weighted by Gasteiger charge is 2.10. The van der Waals surface area contributed by atoms with Crippen molar-refractivity contribution in [2.24, 2.45) is 5.84 Å². The van der Waals surface area contributed by atoms with Gasteiger partial charge in [-0.05, 0) is 46.3 Å². The smallest absolute Gasteiger partial charge is 0.234 e. The molecule has 0 aliphatic heterocycles. The third-order valence-electron chi connectivity index (χ3n) is 2.62. The zero-order valence-corrected chi connectivity index (χ0v) is 11.5. The molecular weight excluding hydrogens is 315 g/mol. The average Bonchev–Trinajstić information content (AvgIpc) is 2.84. The Hall–Kier alpha value is -1.66. The van der Waals surface area contributed by atoms with E-state index in [1.165, 1.54) is 12.1 Å². The van der Waals surface area contributed by atoms with Crippen LogP contribution in [0, 0.1) is 5.82 Å². The summed E-state index contributed by atoms with van der Waals surface area (Å²) in [5.41, 5.74) is 2.82. The second-order valence-electron chi connectivity index (χ2n) is 3.96. The van der Waals surface area contributed by atoms with Gasteiger partial charge in [-0.25, -0.2) is 10.2 Å². The minimum atomic E-state index is -0.318. The number of nitrogens with one attached hydrogen (secondary N) is 1. The lowest BCUT2D eigenvalue weighted by molar-refractivity contribution is -0.121. The fourth-order valence-electron chi connectivity index (χ4n) is 1.66. The van der Waals surface area contributed by atoms with Gasteiger partial charge in [0, 0.05) is 22.9 Å². The summed E-state index contributed by atoms with van der Waals surface area (Å²) >= 11 is 3.29. The molecular formula is C13H12BrFN2O2. The molecule has 1 aromatic carbocycles. The van der Waals surface area contributed by atoms with Gasteiger partial charge < -0.3 is 4.42 Å². The number of carbonyl (C=O) groups is 1. The van der Waals surface area contributed by atoms with E-state index in [1.54, 1.807) is 18.2 Å². The van der Waals surface area contributed by atoms with E-state index in [-0.39, 0.29) is 18.1 Å². The van der Waals surface area contributed by atoms with Crippen LogP contribution in [0.5, 0.6) is 0 Å². The molecule has 0 radical (unpaired) electrons. The molecule has 19 heavy (non-hydrogen) atoms. The molecule has 0 aliphatic carbocycles. The molecule has 0 bridgehead atoms. The summed E-state index contributed by atoms with van der Waals surface area (Å²) in [6.45, 7) is 0. The van der Waals surface area contributed by atoms with E-state index in [4.69, 9.17) is 10.3 Å². The highest BCUT2D eigenvalue weighted by molar-refractivity contribution is 9.10. The molecule has 0 aliphatic rings. The van der Waals surface area contributed by atoms with Crippen molar-refractivity contribution < 1.29 is 13.6 Å². The van der Waals surface area contributed by atoms with Crippen molar-refractivity contribution in [2.45, 2.75) is 12.8 Å². The summed E-state index contributed by atoms with van der Waals surface area (Å²) in [6, 6.07) is 7.95. The van der Waals surface area contributed by atoms with Crippen molar-refractivity contribution in [3.63, 3.8) is 0 Å². The fraction of sp³-hybridized carbons (Fsp3) is 0.154. The first-order chi connectivity index (χ1) is 9.10. The second-order valence-corrected chi connectivity index (χ2v) is 4.81. The molecule has 2 rings (SSSR count). The molecule has 1 heterocycles. The number of hydrazine groups is 1. The Balaban J connectivity index is 2.14. The van der Waals surface area contributed by atoms with Crippen molar-refractivity contribution in [2.75, 3.05) is 0 Å². The molecule has 0 saturated heterocycles. The SMILES string of the molecule is NNC(=O)CCc1ccc(-c2ccc(F)cc2Br)o1. The van der Waals surface area contributed by atoms with Gasteiger partial charge in [0.1, 0.15) is 17.3 Å². The number of furan rings is 1. The van der Waals surface area contributed by atoms with Crippen LogP contribution in [0.2, 0.25) is 0 Å². The summed E-state index contributed by atoms with van der Waals surface area (Å²) in [6.07, 6.45) is 0.718. The predicted octanol–water partition coefficient (Wildman–Crippen LogP) is 2.77. The number of halogens is 2. The number of hydrogen-bond acceptors (Lipinski definition) is 3. The van der Waals surface area contributed by atoms with Crippen LogP contribution in [0.25, 0.3) is 11.3 Å². The largest absolute Gasteiger partial charge is 0.461 e. The third-order valence-corrected chi connectivity index (χ3v) is 3.27. The molecule has 0 atom stereocenters. The van der Waals surface area contributed by atoms with E-state index in [9.17, 15) is 9.18 Å². The summed E-state index contributed by atoms with van der Waals surface area (Å²) in [7, 11) is 0. The van der Waals surface area contributed by atoms with Crippen LogP contribution in [0.1, 0.15) is 12.2 Å². The lowest BCUT2D eigenvalue weighted by Gasteiger charge is -2.01. The Bertz CT molecular complexity index is 598. The standard InChI is InChI=1S/C13H12BrFN2O2/c14-11-7-8(15)1-4-10(11)12-5-2-9(19-12)3-6-13(18)17-16/h1-2,4-5,7H,3,6,16H2,(H,17,18). The van der Waals surface area contributed by atoms with E-state index < -0.39 is 0 Å². The van der Waals surface area contributed by atoms with Gasteiger partial charge in [0.2, 0.25) is 5.91 Å². The van der Waals surface area contributed by atoms with Gasteiger partial charge in [-0.3, -0.25) is 10.2 Å². The number of carbonyl (C=O) groups excluding carboxylic acids is 1.